The van der Waals surface area contributed by atoms with E-state index in [0.717, 1.165) is 4.90 Å². The van der Waals surface area contributed by atoms with Crippen molar-refractivity contribution in [3.63, 3.8) is 0 Å². The number of carbonyl (C=O) groups is 4. The van der Waals surface area contributed by atoms with Crippen molar-refractivity contribution in [2.75, 3.05) is 34.5 Å². The van der Waals surface area contributed by atoms with Crippen molar-refractivity contribution in [3.8, 4) is 17.6 Å². The fourth-order valence-electron chi connectivity index (χ4n) is 7.86. The summed E-state index contributed by atoms with van der Waals surface area (Å²) in [6, 6.07) is 1.89. The van der Waals surface area contributed by atoms with Crippen LogP contribution in [0.25, 0.3) is 10.9 Å². The highest BCUT2D eigenvalue weighted by atomic mass is 32.2. The maximum absolute atomic E-state index is 15.0. The van der Waals surface area contributed by atoms with Gasteiger partial charge < -0.3 is 39.2 Å². The summed E-state index contributed by atoms with van der Waals surface area (Å²) in [4.78, 5) is 66.8. The van der Waals surface area contributed by atoms with Gasteiger partial charge in [-0.25, -0.2) is 13.2 Å². The lowest BCUT2D eigenvalue weighted by molar-refractivity contribution is -0.244. The van der Waals surface area contributed by atoms with Gasteiger partial charge in [-0.05, 0) is 77.3 Å². The van der Waals surface area contributed by atoms with Crippen molar-refractivity contribution in [1.29, 1.82) is 0 Å². The molecule has 17 nitrogen and oxygen atoms in total. The Kier molecular flexibility index (Phi) is 12.8. The number of halogens is 3. The number of nitrogens with one attached hydrogen (secondary N) is 3. The molecule has 4 amide bonds. The molecular formula is C40H53F3N6O11S. The number of alkyl halides is 3. The smallest absolute Gasteiger partial charge is 0.427 e. The Bertz CT molecular complexity index is 2170. The predicted molar refractivity (Wildman–Crippen MR) is 212 cm³/mol. The second-order valence-electron chi connectivity index (χ2n) is 17.1. The summed E-state index contributed by atoms with van der Waals surface area (Å²) in [6.07, 6.45) is -2.01. The van der Waals surface area contributed by atoms with Gasteiger partial charge in [0.1, 0.15) is 34.9 Å². The molecule has 0 radical (unpaired) electrons. The van der Waals surface area contributed by atoms with Crippen LogP contribution in [-0.4, -0.2) is 122 Å². The van der Waals surface area contributed by atoms with Gasteiger partial charge in [-0.1, -0.05) is 25.1 Å². The number of rotatable bonds is 11. The number of aromatic nitrogens is 2. The zero-order chi connectivity index (χ0) is 44.7. The number of hydrogen-bond acceptors (Lipinski definition) is 13. The van der Waals surface area contributed by atoms with Crippen LogP contribution in [0, 0.1) is 17.8 Å². The second-order valence-corrected chi connectivity index (χ2v) is 19.3. The average molecular weight is 883 g/mol. The molecule has 61 heavy (non-hydrogen) atoms. The first-order valence-corrected chi connectivity index (χ1v) is 21.5. The third-order valence-electron chi connectivity index (χ3n) is 12.1. The SMILES string of the molecule is COC[C@@H]1C[C@@H](C)CC/C=C\[C@@H]2C[C@@]2(C(=O)NS(=O)(=O)C2(C)CC2)NC(=O)[C@@H]2C[C@@H](Oc3nc(OC)c4c(OC)cccc4n3)CN2C(=O)[C@H]1NC(=O)OC(C)(C)C(F)(F)F. The molecule has 1 saturated heterocycles. The summed E-state index contributed by atoms with van der Waals surface area (Å²) in [6.45, 7) is 4.34. The van der Waals surface area contributed by atoms with Gasteiger partial charge in [-0.3, -0.25) is 19.1 Å². The van der Waals surface area contributed by atoms with E-state index < -0.39 is 85.9 Å². The summed E-state index contributed by atoms with van der Waals surface area (Å²) in [7, 11) is 0.122. The van der Waals surface area contributed by atoms with E-state index in [1.54, 1.807) is 24.3 Å². The van der Waals surface area contributed by atoms with Crippen LogP contribution in [0.15, 0.2) is 30.4 Å². The van der Waals surface area contributed by atoms with E-state index in [2.05, 4.69) is 25.3 Å². The number of fused-ring (bicyclic) bond motifs is 3. The highest BCUT2D eigenvalue weighted by molar-refractivity contribution is 7.91. The zero-order valence-corrected chi connectivity index (χ0v) is 35.9. The quantitative estimate of drug-likeness (QED) is 0.273. The van der Waals surface area contributed by atoms with Gasteiger partial charge in [0, 0.05) is 25.4 Å². The Morgan fingerprint density at radius 1 is 1.07 bits per heavy atom. The Hall–Kier alpha value is -4.92. The predicted octanol–water partition coefficient (Wildman–Crippen LogP) is 3.94. The third kappa shape index (κ3) is 9.46. The first kappa shape index (κ1) is 45.6. The average Bonchev–Trinajstić information content (AvgIpc) is 4.07. The lowest BCUT2D eigenvalue weighted by Gasteiger charge is -2.35. The van der Waals surface area contributed by atoms with E-state index in [1.807, 2.05) is 13.0 Å². The molecule has 0 unspecified atom stereocenters. The molecule has 21 heteroatoms. The van der Waals surface area contributed by atoms with Gasteiger partial charge in [-0.15, -0.1) is 0 Å². The molecule has 6 rings (SSSR count). The molecule has 2 aromatic rings. The number of ether oxygens (including phenoxy) is 5. The largest absolute Gasteiger partial charge is 0.496 e. The maximum Gasteiger partial charge on any atom is 0.427 e. The van der Waals surface area contributed by atoms with Crippen LogP contribution in [0.2, 0.25) is 0 Å². The Labute approximate surface area is 351 Å². The van der Waals surface area contributed by atoms with Crippen LogP contribution >= 0.6 is 0 Å². The molecule has 3 N–H and O–H groups in total. The summed E-state index contributed by atoms with van der Waals surface area (Å²) in [5.74, 6) is -3.64. The van der Waals surface area contributed by atoms with Gasteiger partial charge in [0.25, 0.3) is 5.91 Å². The van der Waals surface area contributed by atoms with Crippen LogP contribution in [-0.2, 0) is 33.9 Å². The number of alkyl carbamates (subject to hydrolysis) is 1. The fourth-order valence-corrected chi connectivity index (χ4v) is 9.17. The normalized spacial score (nSPS) is 28.5. The number of amides is 4. The van der Waals surface area contributed by atoms with E-state index in [9.17, 15) is 40.8 Å². The number of sulfonamides is 1. The number of benzene rings is 1. The number of hydrogen-bond donors (Lipinski definition) is 3. The van der Waals surface area contributed by atoms with Crippen LogP contribution in [0.3, 0.4) is 0 Å². The molecule has 1 aromatic carbocycles. The molecule has 4 aliphatic rings. The molecule has 3 fully saturated rings. The summed E-state index contributed by atoms with van der Waals surface area (Å²) >= 11 is 0. The first-order chi connectivity index (χ1) is 28.6. The molecule has 2 saturated carbocycles. The number of nitrogens with zero attached hydrogens (tertiary/aromatic N) is 3. The van der Waals surface area contributed by atoms with Gasteiger partial charge >= 0.3 is 18.3 Å². The number of methoxy groups -OCH3 is 3. The van der Waals surface area contributed by atoms with Crippen molar-refractivity contribution < 1.29 is 64.5 Å². The van der Waals surface area contributed by atoms with Crippen LogP contribution in [0.5, 0.6) is 17.6 Å². The summed E-state index contributed by atoms with van der Waals surface area (Å²) in [5.41, 5.74) is -4.24. The molecule has 0 spiro atoms. The van der Waals surface area contributed by atoms with Gasteiger partial charge in [0.15, 0.2) is 0 Å². The molecule has 2 aliphatic carbocycles. The Morgan fingerprint density at radius 3 is 2.43 bits per heavy atom. The Balaban J connectivity index is 1.39. The summed E-state index contributed by atoms with van der Waals surface area (Å²) < 4.78 is 96.5. The molecule has 336 valence electrons. The minimum atomic E-state index is -4.95. The standard InChI is InChI=1S/C40H53F3N6O11S/c1-22-11-8-9-12-24-19-39(24,34(52)48-61(54,55)38(4)15-16-38)47-31(50)27-18-25(59-35-44-26-13-10-14-28(57-6)29(26)32(46-35)58-7)20-49(27)33(51)30(23(17-22)21-56-5)45-36(53)60-37(2,3)40(41,42)43/h9-10,12-14,22-25,27,30H,8,11,15-21H2,1-7H3,(H,45,53)(H,47,50)(H,48,52)/b12-9-/t22-,23-,24+,25+,27-,30-,39+/m0/s1. The van der Waals surface area contributed by atoms with Crippen molar-refractivity contribution in [2.24, 2.45) is 17.8 Å². The zero-order valence-electron chi connectivity index (χ0n) is 35.1. The van der Waals surface area contributed by atoms with Crippen LogP contribution in [0.1, 0.15) is 72.6 Å². The minimum absolute atomic E-state index is 0.0680. The first-order valence-electron chi connectivity index (χ1n) is 20.0. The Morgan fingerprint density at radius 2 is 1.79 bits per heavy atom. The lowest BCUT2D eigenvalue weighted by atomic mass is 9.87. The molecule has 3 heterocycles. The van der Waals surface area contributed by atoms with Crippen molar-refractivity contribution in [2.45, 2.75) is 113 Å². The van der Waals surface area contributed by atoms with Gasteiger partial charge in [-0.2, -0.15) is 23.1 Å². The van der Waals surface area contributed by atoms with Crippen molar-refractivity contribution in [1.82, 2.24) is 30.2 Å². The van der Waals surface area contributed by atoms with E-state index in [1.165, 1.54) is 28.3 Å². The van der Waals surface area contributed by atoms with E-state index >= 15 is 0 Å². The highest BCUT2D eigenvalue weighted by Gasteiger charge is 2.63. The number of allylic oxidation sites excluding steroid dienone is 1. The monoisotopic (exact) mass is 882 g/mol. The molecule has 1 aromatic heterocycles. The molecular weight excluding hydrogens is 830 g/mol. The fraction of sp³-hybridized carbons (Fsp3) is 0.650. The van der Waals surface area contributed by atoms with Crippen LogP contribution < -0.4 is 29.6 Å². The molecule has 2 aliphatic heterocycles. The second kappa shape index (κ2) is 17.1. The van der Waals surface area contributed by atoms with Crippen LogP contribution in [0.4, 0.5) is 18.0 Å². The topological polar surface area (TPSA) is 214 Å². The van der Waals surface area contributed by atoms with Crippen molar-refractivity contribution in [3.05, 3.63) is 30.4 Å². The molecule has 7 atom stereocenters. The number of carbonyl (C=O) groups excluding carboxylic acids is 4. The van der Waals surface area contributed by atoms with E-state index in [-0.39, 0.29) is 50.2 Å². The summed E-state index contributed by atoms with van der Waals surface area (Å²) in [5, 5.41) is 5.59. The van der Waals surface area contributed by atoms with Gasteiger partial charge in [0.05, 0.1) is 37.6 Å². The van der Waals surface area contributed by atoms with Crippen molar-refractivity contribution >= 4 is 44.7 Å². The van der Waals surface area contributed by atoms with Gasteiger partial charge in [0.2, 0.25) is 33.3 Å². The third-order valence-corrected chi connectivity index (χ3v) is 14.2. The lowest BCUT2D eigenvalue weighted by Crippen LogP contribution is -2.60. The maximum atomic E-state index is 15.0. The minimum Gasteiger partial charge on any atom is -0.496 e. The van der Waals surface area contributed by atoms with E-state index in [4.69, 9.17) is 23.7 Å². The molecule has 0 bridgehead atoms. The van der Waals surface area contributed by atoms with E-state index in [0.29, 0.717) is 56.2 Å². The highest BCUT2D eigenvalue weighted by Crippen LogP contribution is 2.48.